The van der Waals surface area contributed by atoms with Gasteiger partial charge in [-0.3, -0.25) is 28.0 Å². The van der Waals surface area contributed by atoms with Crippen LogP contribution in [-0.4, -0.2) is 166 Å². The number of hydrogen-bond acceptors (Lipinski definition) is 15. The summed E-state index contributed by atoms with van der Waals surface area (Å²) in [6.07, 6.45) is 0.152. The van der Waals surface area contributed by atoms with Gasteiger partial charge in [0.15, 0.2) is 6.61 Å². The third kappa shape index (κ3) is 15.2. The topological polar surface area (TPSA) is 266 Å². The molecule has 0 bridgehead atoms. The van der Waals surface area contributed by atoms with Gasteiger partial charge in [0.2, 0.25) is 0 Å². The molecule has 20 nitrogen and oxygen atoms in total. The zero-order chi connectivity index (χ0) is 52.0. The van der Waals surface area contributed by atoms with Crippen molar-refractivity contribution >= 4 is 86.4 Å². The molecule has 0 aromatic heterocycles. The quantitative estimate of drug-likeness (QED) is 0.0661. The van der Waals surface area contributed by atoms with Gasteiger partial charge in [-0.25, -0.2) is 4.79 Å². The zero-order valence-electron chi connectivity index (χ0n) is 41.1. The van der Waals surface area contributed by atoms with E-state index in [1.165, 1.54) is 75.9 Å². The van der Waals surface area contributed by atoms with Gasteiger partial charge in [-0.2, -0.15) is 25.3 Å². The average molecular weight is 1030 g/mol. The van der Waals surface area contributed by atoms with Crippen LogP contribution in [0.2, 0.25) is 0 Å². The maximum atomic E-state index is 13.1. The number of imide groups is 1. The number of hydrogen-bond donors (Lipinski definition) is 3. The number of carbonyl (C=O) groups excluding carboxylic acids is 4. The highest BCUT2D eigenvalue weighted by Gasteiger charge is 2.37. The minimum absolute atomic E-state index is 0.0598. The van der Waals surface area contributed by atoms with Crippen LogP contribution in [0.5, 0.6) is 5.75 Å². The Balaban J connectivity index is 0.000000500. The van der Waals surface area contributed by atoms with E-state index in [9.17, 15) is 58.1 Å². The number of rotatable bonds is 17. The monoisotopic (exact) mass is 1030 g/mol. The van der Waals surface area contributed by atoms with Crippen molar-refractivity contribution in [2.75, 3.05) is 78.6 Å². The van der Waals surface area contributed by atoms with E-state index in [1.54, 1.807) is 0 Å². The molecule has 2 heterocycles. The summed E-state index contributed by atoms with van der Waals surface area (Å²) in [4.78, 5) is 60.0. The molecular formula is C46H69N5O15S3. The number of benzene rings is 4. The minimum atomic E-state index is -5.10. The van der Waals surface area contributed by atoms with Gasteiger partial charge in [0.1, 0.15) is 20.4 Å². The van der Waals surface area contributed by atoms with Gasteiger partial charge in [-0.1, -0.05) is 80.5 Å². The Labute approximate surface area is 406 Å². The maximum Gasteiger partial charge on any atom is 0.336 e. The highest BCUT2D eigenvalue weighted by Crippen LogP contribution is 2.45. The lowest BCUT2D eigenvalue weighted by Crippen LogP contribution is -2.44. The molecule has 4 aromatic carbocycles. The van der Waals surface area contributed by atoms with Crippen LogP contribution in [0.1, 0.15) is 88.0 Å². The summed E-state index contributed by atoms with van der Waals surface area (Å²) in [5.74, 6) is -3.61. The number of hydroxylamine groups is 2. The molecule has 69 heavy (non-hydrogen) atoms. The lowest BCUT2D eigenvalue weighted by atomic mass is 9.93. The molecule has 3 amide bonds. The molecule has 23 heteroatoms. The first-order valence-corrected chi connectivity index (χ1v) is 27.6. The fourth-order valence-electron chi connectivity index (χ4n) is 8.06. The number of carbonyl (C=O) groups is 4. The molecule has 3 N–H and O–H groups in total. The largest absolute Gasteiger partial charge is 0.483 e. The molecule has 6 rings (SSSR count). The van der Waals surface area contributed by atoms with Crippen LogP contribution in [0.4, 0.5) is 0 Å². The fraction of sp³-hybridized carbons (Fsp3) is 0.565. The molecule has 2 fully saturated rings. The first-order valence-electron chi connectivity index (χ1n) is 23.3. The Bertz CT molecular complexity index is 2620. The van der Waals surface area contributed by atoms with Gasteiger partial charge >= 0.3 is 5.97 Å². The van der Waals surface area contributed by atoms with Crippen molar-refractivity contribution in [2.24, 2.45) is 5.92 Å². The van der Waals surface area contributed by atoms with Crippen molar-refractivity contribution in [1.29, 1.82) is 0 Å². The van der Waals surface area contributed by atoms with E-state index in [2.05, 4.69) is 77.0 Å². The molecule has 386 valence electrons. The van der Waals surface area contributed by atoms with E-state index in [4.69, 9.17) is 9.57 Å². The Hall–Kier alpha value is -4.59. The van der Waals surface area contributed by atoms with Gasteiger partial charge in [0.25, 0.3) is 48.1 Å². The summed E-state index contributed by atoms with van der Waals surface area (Å²) in [7, 11) is -15.2. The lowest BCUT2D eigenvalue weighted by Gasteiger charge is -2.31. The van der Waals surface area contributed by atoms with Crippen molar-refractivity contribution in [3.05, 3.63) is 36.4 Å². The number of ether oxygens (including phenoxy) is 1. The highest BCUT2D eigenvalue weighted by atomic mass is 32.2. The van der Waals surface area contributed by atoms with Crippen LogP contribution in [0, 0.1) is 5.92 Å². The van der Waals surface area contributed by atoms with Gasteiger partial charge in [0, 0.05) is 64.3 Å². The smallest absolute Gasteiger partial charge is 0.336 e. The van der Waals surface area contributed by atoms with Crippen molar-refractivity contribution in [1.82, 2.24) is 24.7 Å². The molecule has 0 unspecified atom stereocenters. The number of amides is 3. The Kier molecular flexibility index (Phi) is 22.2. The van der Waals surface area contributed by atoms with Crippen LogP contribution in [0.15, 0.2) is 51.1 Å². The SMILES string of the molecule is CCN(CC)CC.CCN(CC)CC.CCN(CC)CC.O=C(ON1C(=O)CCC1=O)C1CCN(C(=O)COc2cc(S(=O)(=O)O)c3ccc4c(S(=O)(=O)O)cc(S(=O)(=O)O)c5ccc2c3c54)CC1. The van der Waals surface area contributed by atoms with E-state index in [-0.39, 0.29) is 76.8 Å². The van der Waals surface area contributed by atoms with Gasteiger partial charge in [-0.05, 0) is 83.9 Å². The summed E-state index contributed by atoms with van der Waals surface area (Å²) >= 11 is 0. The van der Waals surface area contributed by atoms with Crippen LogP contribution in [-0.2, 0) is 54.4 Å². The number of likely N-dealkylation sites (tertiary alicyclic amines) is 1. The van der Waals surface area contributed by atoms with Gasteiger partial charge in [0.05, 0.1) is 5.92 Å². The molecular weight excluding hydrogens is 959 g/mol. The molecule has 2 aliphatic heterocycles. The molecule has 0 spiro atoms. The average Bonchev–Trinajstić information content (AvgIpc) is 3.63. The first-order chi connectivity index (χ1) is 32.4. The van der Waals surface area contributed by atoms with E-state index in [0.29, 0.717) is 11.1 Å². The minimum Gasteiger partial charge on any atom is -0.483 e. The first kappa shape index (κ1) is 58.7. The van der Waals surface area contributed by atoms with Crippen molar-refractivity contribution in [2.45, 2.75) is 103 Å². The van der Waals surface area contributed by atoms with Crippen molar-refractivity contribution in [3.63, 3.8) is 0 Å². The summed E-state index contributed by atoms with van der Waals surface area (Å²) in [6.45, 7) is 29.8. The van der Waals surface area contributed by atoms with E-state index in [1.807, 2.05) is 0 Å². The standard InChI is InChI=1S/C28H24N2O15S3.3C6H15N/c31-23-5-6-24(32)30(23)45-28(34)14-7-9-29(10-8-14)25(33)13-44-19-11-20(46(35,36)37)16-3-4-18-22(48(41,42)43)12-21(47(38,39)40)17-2-1-15(19)26(16)27(17)18;3*1-4-7(5-2)6-3/h1-4,11-12,14H,5-10,13H2,(H,35,36,37)(H,38,39,40)(H,41,42,43);3*4-6H2,1-3H3. The predicted octanol–water partition coefficient (Wildman–Crippen LogP) is 5.59. The molecule has 2 saturated heterocycles. The normalized spacial score (nSPS) is 14.8. The second-order valence-corrected chi connectivity index (χ2v) is 20.2. The van der Waals surface area contributed by atoms with Crippen LogP contribution < -0.4 is 4.74 Å². The summed E-state index contributed by atoms with van der Waals surface area (Å²) in [5.41, 5.74) is 0. The van der Waals surface area contributed by atoms with E-state index >= 15 is 0 Å². The van der Waals surface area contributed by atoms with E-state index in [0.717, 1.165) is 18.2 Å². The summed E-state index contributed by atoms with van der Waals surface area (Å²) in [6, 6.07) is 6.19. The Morgan fingerprint density at radius 3 is 1.23 bits per heavy atom. The predicted molar refractivity (Wildman–Crippen MR) is 262 cm³/mol. The van der Waals surface area contributed by atoms with Crippen molar-refractivity contribution < 1.29 is 67.7 Å². The molecule has 0 saturated carbocycles. The molecule has 4 aromatic rings. The molecule has 2 aliphatic rings. The molecule has 0 atom stereocenters. The summed E-state index contributed by atoms with van der Waals surface area (Å²) in [5, 5.41) is -0.500. The second kappa shape index (κ2) is 26.0. The van der Waals surface area contributed by atoms with Gasteiger partial charge < -0.3 is 29.2 Å². The van der Waals surface area contributed by atoms with E-state index < -0.39 is 81.3 Å². The van der Waals surface area contributed by atoms with Crippen LogP contribution in [0.25, 0.3) is 32.3 Å². The number of nitrogens with zero attached hydrogens (tertiary/aromatic N) is 5. The van der Waals surface area contributed by atoms with Crippen LogP contribution in [0.3, 0.4) is 0 Å². The summed E-state index contributed by atoms with van der Waals surface area (Å²) < 4.78 is 110. The third-order valence-corrected chi connectivity index (χ3v) is 15.0. The zero-order valence-corrected chi connectivity index (χ0v) is 43.5. The molecule has 0 aliphatic carbocycles. The second-order valence-electron chi connectivity index (χ2n) is 16.0. The number of piperidine rings is 1. The molecule has 0 radical (unpaired) electrons. The Morgan fingerprint density at radius 2 is 0.899 bits per heavy atom. The van der Waals surface area contributed by atoms with Crippen LogP contribution >= 0.6 is 0 Å². The van der Waals surface area contributed by atoms with Crippen molar-refractivity contribution in [3.8, 4) is 5.75 Å². The fourth-order valence-corrected chi connectivity index (χ4v) is 10.3. The maximum absolute atomic E-state index is 13.1. The lowest BCUT2D eigenvalue weighted by molar-refractivity contribution is -0.201. The highest BCUT2D eigenvalue weighted by molar-refractivity contribution is 7.87. The third-order valence-electron chi connectivity index (χ3n) is 12.3. The van der Waals surface area contributed by atoms with Gasteiger partial charge in [-0.15, -0.1) is 5.06 Å². The Morgan fingerprint density at radius 1 is 0.565 bits per heavy atom.